The Balaban J connectivity index is 1.64. The number of aryl methyl sites for hydroxylation is 2. The van der Waals surface area contributed by atoms with Crippen molar-refractivity contribution in [3.63, 3.8) is 0 Å². The van der Waals surface area contributed by atoms with Crippen LogP contribution < -0.4 is 10.6 Å². The van der Waals surface area contributed by atoms with Gasteiger partial charge in [0, 0.05) is 42.3 Å². The van der Waals surface area contributed by atoms with Crippen LogP contribution in [-0.4, -0.2) is 72.3 Å². The maximum atomic E-state index is 5.56. The van der Waals surface area contributed by atoms with Crippen LogP contribution in [0.25, 0.3) is 0 Å². The molecule has 0 aromatic carbocycles. The van der Waals surface area contributed by atoms with E-state index in [0.29, 0.717) is 6.54 Å². The summed E-state index contributed by atoms with van der Waals surface area (Å²) in [6.07, 6.45) is 1.23. The molecule has 0 radical (unpaired) electrons. The van der Waals surface area contributed by atoms with Crippen molar-refractivity contribution in [3.8, 4) is 0 Å². The number of hydrogen-bond acceptors (Lipinski definition) is 6. The van der Waals surface area contributed by atoms with E-state index in [1.165, 1.54) is 22.8 Å². The SMILES string of the molecule is CCNC(=NCc1sc(C)nc1C)NCC1(N2CCOCC2)CCSC1. The average molecular weight is 398 g/mol. The Labute approximate surface area is 165 Å². The summed E-state index contributed by atoms with van der Waals surface area (Å²) in [6.45, 7) is 12.5. The van der Waals surface area contributed by atoms with Crippen LogP contribution >= 0.6 is 23.1 Å². The molecular weight excluding hydrogens is 366 g/mol. The van der Waals surface area contributed by atoms with Gasteiger partial charge in [-0.25, -0.2) is 9.98 Å². The van der Waals surface area contributed by atoms with Gasteiger partial charge in [-0.2, -0.15) is 11.8 Å². The number of hydrogen-bond donors (Lipinski definition) is 2. The summed E-state index contributed by atoms with van der Waals surface area (Å²) in [7, 11) is 0. The third-order valence-corrected chi connectivity index (χ3v) is 7.37. The van der Waals surface area contributed by atoms with Gasteiger partial charge in [0.25, 0.3) is 0 Å². The lowest BCUT2D eigenvalue weighted by Gasteiger charge is -2.43. The fourth-order valence-electron chi connectivity index (χ4n) is 3.60. The van der Waals surface area contributed by atoms with E-state index in [-0.39, 0.29) is 5.54 Å². The minimum Gasteiger partial charge on any atom is -0.379 e. The molecular formula is C18H31N5OS2. The quantitative estimate of drug-likeness (QED) is 0.566. The molecule has 0 saturated carbocycles. The molecule has 146 valence electrons. The first-order valence-electron chi connectivity index (χ1n) is 9.48. The maximum absolute atomic E-state index is 5.56. The first-order chi connectivity index (χ1) is 12.6. The second-order valence-corrected chi connectivity index (χ2v) is 9.31. The zero-order valence-corrected chi connectivity index (χ0v) is 17.8. The predicted molar refractivity (Wildman–Crippen MR) is 111 cm³/mol. The third-order valence-electron chi connectivity index (χ3n) is 5.07. The van der Waals surface area contributed by atoms with Gasteiger partial charge in [0.05, 0.1) is 30.5 Å². The smallest absolute Gasteiger partial charge is 0.191 e. The number of nitrogens with zero attached hydrogens (tertiary/aromatic N) is 3. The largest absolute Gasteiger partial charge is 0.379 e. The van der Waals surface area contributed by atoms with Crippen LogP contribution in [0.4, 0.5) is 0 Å². The number of morpholine rings is 1. The Morgan fingerprint density at radius 2 is 2.12 bits per heavy atom. The minimum atomic E-state index is 0.224. The molecule has 6 nitrogen and oxygen atoms in total. The highest BCUT2D eigenvalue weighted by molar-refractivity contribution is 7.99. The van der Waals surface area contributed by atoms with Crippen LogP contribution in [0.1, 0.15) is 28.9 Å². The fourth-order valence-corrected chi connectivity index (χ4v) is 5.94. The zero-order chi connectivity index (χ0) is 18.4. The normalized spacial score (nSPS) is 24.8. The van der Waals surface area contributed by atoms with Crippen LogP contribution in [0.15, 0.2) is 4.99 Å². The van der Waals surface area contributed by atoms with E-state index in [1.807, 2.05) is 0 Å². The maximum Gasteiger partial charge on any atom is 0.191 e. The molecule has 26 heavy (non-hydrogen) atoms. The van der Waals surface area contributed by atoms with Crippen molar-refractivity contribution in [1.82, 2.24) is 20.5 Å². The Morgan fingerprint density at radius 1 is 1.31 bits per heavy atom. The first kappa shape index (κ1) is 19.9. The summed E-state index contributed by atoms with van der Waals surface area (Å²) in [6, 6.07) is 0. The van der Waals surface area contributed by atoms with Crippen LogP contribution in [0.5, 0.6) is 0 Å². The first-order valence-corrected chi connectivity index (χ1v) is 11.5. The molecule has 1 unspecified atom stereocenters. The zero-order valence-electron chi connectivity index (χ0n) is 16.1. The Kier molecular flexibility index (Phi) is 7.19. The van der Waals surface area contributed by atoms with Crippen LogP contribution in [0.3, 0.4) is 0 Å². The highest BCUT2D eigenvalue weighted by Crippen LogP contribution is 2.33. The summed E-state index contributed by atoms with van der Waals surface area (Å²) >= 11 is 3.81. The van der Waals surface area contributed by atoms with E-state index < -0.39 is 0 Å². The van der Waals surface area contributed by atoms with E-state index >= 15 is 0 Å². The van der Waals surface area contributed by atoms with Gasteiger partial charge in [-0.3, -0.25) is 4.90 Å². The van der Waals surface area contributed by atoms with Crippen molar-refractivity contribution in [3.05, 3.63) is 15.6 Å². The van der Waals surface area contributed by atoms with Crippen LogP contribution in [0, 0.1) is 13.8 Å². The van der Waals surface area contributed by atoms with Gasteiger partial charge in [-0.15, -0.1) is 11.3 Å². The van der Waals surface area contributed by atoms with Crippen molar-refractivity contribution in [2.45, 2.75) is 39.3 Å². The second-order valence-electron chi connectivity index (χ2n) is 6.92. The lowest BCUT2D eigenvalue weighted by atomic mass is 9.95. The molecule has 0 bridgehead atoms. The molecule has 3 heterocycles. The van der Waals surface area contributed by atoms with E-state index in [4.69, 9.17) is 9.73 Å². The summed E-state index contributed by atoms with van der Waals surface area (Å²) in [5.41, 5.74) is 1.32. The van der Waals surface area contributed by atoms with Crippen LogP contribution in [0.2, 0.25) is 0 Å². The highest BCUT2D eigenvalue weighted by atomic mass is 32.2. The number of thioether (sulfide) groups is 1. The number of nitrogens with one attached hydrogen (secondary N) is 2. The van der Waals surface area contributed by atoms with E-state index in [1.54, 1.807) is 11.3 Å². The molecule has 3 rings (SSSR count). The van der Waals surface area contributed by atoms with Crippen molar-refractivity contribution < 1.29 is 4.74 Å². The van der Waals surface area contributed by atoms with E-state index in [9.17, 15) is 0 Å². The Morgan fingerprint density at radius 3 is 2.73 bits per heavy atom. The number of rotatable bonds is 6. The van der Waals surface area contributed by atoms with Crippen molar-refractivity contribution in [1.29, 1.82) is 0 Å². The van der Waals surface area contributed by atoms with Gasteiger partial charge >= 0.3 is 0 Å². The van der Waals surface area contributed by atoms with Gasteiger partial charge in [0.2, 0.25) is 0 Å². The minimum absolute atomic E-state index is 0.224. The summed E-state index contributed by atoms with van der Waals surface area (Å²) in [5, 5.41) is 8.13. The van der Waals surface area contributed by atoms with Gasteiger partial charge < -0.3 is 15.4 Å². The summed E-state index contributed by atoms with van der Waals surface area (Å²) in [4.78, 5) is 13.2. The Hall–Kier alpha value is -0.830. The lowest BCUT2D eigenvalue weighted by molar-refractivity contribution is -0.0120. The molecule has 1 aromatic rings. The number of aromatic nitrogens is 1. The van der Waals surface area contributed by atoms with Gasteiger partial charge in [-0.05, 0) is 32.9 Å². The van der Waals surface area contributed by atoms with E-state index in [2.05, 4.69) is 53.1 Å². The molecule has 0 spiro atoms. The number of aliphatic imine (C=N–C) groups is 1. The second kappa shape index (κ2) is 9.39. The molecule has 2 aliphatic heterocycles. The molecule has 0 aliphatic carbocycles. The monoisotopic (exact) mass is 397 g/mol. The third kappa shape index (κ3) is 4.91. The molecule has 0 amide bonds. The number of thiazole rings is 1. The lowest BCUT2D eigenvalue weighted by Crippen LogP contribution is -2.60. The molecule has 1 aromatic heterocycles. The molecule has 2 N–H and O–H groups in total. The Bertz CT molecular complexity index is 607. The predicted octanol–water partition coefficient (Wildman–Crippen LogP) is 2.02. The summed E-state index contributed by atoms with van der Waals surface area (Å²) < 4.78 is 5.56. The van der Waals surface area contributed by atoms with Crippen molar-refractivity contribution in [2.24, 2.45) is 4.99 Å². The molecule has 8 heteroatoms. The number of ether oxygens (including phenoxy) is 1. The fraction of sp³-hybridized carbons (Fsp3) is 0.778. The van der Waals surface area contributed by atoms with Gasteiger partial charge in [0.1, 0.15) is 0 Å². The number of guanidine groups is 1. The molecule has 2 fully saturated rings. The molecule has 2 saturated heterocycles. The molecule has 1 atom stereocenters. The van der Waals surface area contributed by atoms with Gasteiger partial charge in [0.15, 0.2) is 5.96 Å². The standard InChI is InChI=1S/C18H31N5OS2/c1-4-19-17(20-11-16-14(2)22-15(3)26-16)21-12-18(5-10-25-13-18)23-6-8-24-9-7-23/h4-13H2,1-3H3,(H2,19,20,21). The topological polar surface area (TPSA) is 61.8 Å². The molecule has 2 aliphatic rings. The van der Waals surface area contributed by atoms with Crippen molar-refractivity contribution >= 4 is 29.1 Å². The van der Waals surface area contributed by atoms with Crippen LogP contribution in [-0.2, 0) is 11.3 Å². The van der Waals surface area contributed by atoms with Gasteiger partial charge in [-0.1, -0.05) is 0 Å². The average Bonchev–Trinajstić information content (AvgIpc) is 3.25. The van der Waals surface area contributed by atoms with Crippen molar-refractivity contribution in [2.75, 3.05) is 50.9 Å². The van der Waals surface area contributed by atoms with E-state index in [0.717, 1.165) is 56.1 Å². The highest BCUT2D eigenvalue weighted by Gasteiger charge is 2.40. The summed E-state index contributed by atoms with van der Waals surface area (Å²) in [5.74, 6) is 3.33.